The van der Waals surface area contributed by atoms with E-state index in [1.165, 1.54) is 11.3 Å². The highest BCUT2D eigenvalue weighted by molar-refractivity contribution is 7.23. The number of methoxy groups -OCH3 is 1. The summed E-state index contributed by atoms with van der Waals surface area (Å²) in [4.78, 5) is 5.53. The summed E-state index contributed by atoms with van der Waals surface area (Å²) in [5.74, 6) is 0. The first-order valence-corrected chi connectivity index (χ1v) is 6.38. The van der Waals surface area contributed by atoms with Gasteiger partial charge in [0.1, 0.15) is 0 Å². The molecule has 0 spiro atoms. The zero-order chi connectivity index (χ0) is 11.5. The van der Waals surface area contributed by atoms with E-state index in [-0.39, 0.29) is 0 Å². The molecule has 0 fully saturated rings. The summed E-state index contributed by atoms with van der Waals surface area (Å²) < 4.78 is 5.03. The van der Waals surface area contributed by atoms with Crippen molar-refractivity contribution < 1.29 is 4.74 Å². The van der Waals surface area contributed by atoms with Crippen LogP contribution in [-0.2, 0) is 11.2 Å². The summed E-state index contributed by atoms with van der Waals surface area (Å²) in [5, 5.41) is 10.2. The first-order valence-electron chi connectivity index (χ1n) is 4.75. The maximum atomic E-state index is 5.56. The predicted octanol–water partition coefficient (Wildman–Crippen LogP) is 1.74. The number of rotatable bonds is 4. The topological polar surface area (TPSA) is 73.9 Å². The number of ether oxygens (including phenoxy) is 1. The number of hydrogen-bond acceptors (Lipinski definition) is 7. The maximum absolute atomic E-state index is 5.56. The van der Waals surface area contributed by atoms with Crippen molar-refractivity contribution in [1.82, 2.24) is 15.2 Å². The Labute approximate surface area is 101 Å². The molecular weight excluding hydrogens is 244 g/mol. The second-order valence-electron chi connectivity index (χ2n) is 3.21. The second kappa shape index (κ2) is 4.86. The summed E-state index contributed by atoms with van der Waals surface area (Å²) in [6, 6.07) is 0. The summed E-state index contributed by atoms with van der Waals surface area (Å²) >= 11 is 3.01. The summed E-state index contributed by atoms with van der Waals surface area (Å²) in [7, 11) is 1.69. The average Bonchev–Trinajstić information content (AvgIpc) is 2.82. The molecule has 0 atom stereocenters. The van der Waals surface area contributed by atoms with E-state index >= 15 is 0 Å². The Balaban J connectivity index is 2.24. The van der Waals surface area contributed by atoms with E-state index < -0.39 is 0 Å². The molecule has 5 nitrogen and oxygen atoms in total. The van der Waals surface area contributed by atoms with Gasteiger partial charge in [-0.25, -0.2) is 4.98 Å². The third kappa shape index (κ3) is 2.37. The van der Waals surface area contributed by atoms with Crippen LogP contribution in [0.15, 0.2) is 0 Å². The highest BCUT2D eigenvalue weighted by Gasteiger charge is 2.13. The molecule has 2 aromatic heterocycles. The number of aryl methyl sites for hydroxylation is 1. The van der Waals surface area contributed by atoms with E-state index in [0.717, 1.165) is 27.0 Å². The molecule has 2 N–H and O–H groups in total. The molecule has 0 saturated heterocycles. The standard InChI is InChI=1S/C9H12N4OS2/c1-5-7(8-12-13-9(10)16-8)15-6(11-5)3-4-14-2/h3-4H2,1-2H3,(H2,10,13). The fourth-order valence-corrected chi connectivity index (χ4v) is 3.05. The first kappa shape index (κ1) is 11.4. The van der Waals surface area contributed by atoms with Gasteiger partial charge in [0.15, 0.2) is 5.01 Å². The van der Waals surface area contributed by atoms with Crippen molar-refractivity contribution in [3.05, 3.63) is 10.7 Å². The van der Waals surface area contributed by atoms with Gasteiger partial charge in [-0.3, -0.25) is 0 Å². The number of hydrogen-bond donors (Lipinski definition) is 1. The number of thiazole rings is 1. The molecule has 0 saturated carbocycles. The van der Waals surface area contributed by atoms with E-state index in [1.54, 1.807) is 18.4 Å². The van der Waals surface area contributed by atoms with Crippen molar-refractivity contribution in [2.75, 3.05) is 19.5 Å². The van der Waals surface area contributed by atoms with Gasteiger partial charge in [0.05, 0.1) is 22.2 Å². The van der Waals surface area contributed by atoms with Gasteiger partial charge in [0, 0.05) is 13.5 Å². The van der Waals surface area contributed by atoms with Crippen molar-refractivity contribution in [2.24, 2.45) is 0 Å². The maximum Gasteiger partial charge on any atom is 0.203 e. The summed E-state index contributed by atoms with van der Waals surface area (Å²) in [6.45, 7) is 2.66. The van der Waals surface area contributed by atoms with Crippen LogP contribution in [0.2, 0.25) is 0 Å². The van der Waals surface area contributed by atoms with Crippen LogP contribution >= 0.6 is 22.7 Å². The summed E-state index contributed by atoms with van der Waals surface area (Å²) in [6.07, 6.45) is 0.830. The van der Waals surface area contributed by atoms with Gasteiger partial charge in [-0.05, 0) is 6.92 Å². The van der Waals surface area contributed by atoms with E-state index in [4.69, 9.17) is 10.5 Å². The second-order valence-corrected chi connectivity index (χ2v) is 5.30. The van der Waals surface area contributed by atoms with Gasteiger partial charge in [0.2, 0.25) is 5.13 Å². The third-order valence-corrected chi connectivity index (χ3v) is 4.12. The van der Waals surface area contributed by atoms with Crippen molar-refractivity contribution in [3.63, 3.8) is 0 Å². The van der Waals surface area contributed by atoms with Crippen molar-refractivity contribution in [1.29, 1.82) is 0 Å². The molecule has 2 rings (SSSR count). The lowest BCUT2D eigenvalue weighted by atomic mass is 10.4. The lowest BCUT2D eigenvalue weighted by Gasteiger charge is -1.92. The molecule has 2 heterocycles. The molecule has 86 valence electrons. The Morgan fingerprint density at radius 3 is 2.75 bits per heavy atom. The molecule has 16 heavy (non-hydrogen) atoms. The Morgan fingerprint density at radius 1 is 1.31 bits per heavy atom. The monoisotopic (exact) mass is 256 g/mol. The number of nitrogen functional groups attached to an aromatic ring is 1. The SMILES string of the molecule is COCCc1nc(C)c(-c2nnc(N)s2)s1. The van der Waals surface area contributed by atoms with E-state index in [0.29, 0.717) is 11.7 Å². The Hall–Kier alpha value is -1.05. The van der Waals surface area contributed by atoms with Crippen LogP contribution in [0.25, 0.3) is 9.88 Å². The van der Waals surface area contributed by atoms with Gasteiger partial charge in [-0.15, -0.1) is 21.5 Å². The number of nitrogens with two attached hydrogens (primary N) is 1. The minimum atomic E-state index is 0.487. The van der Waals surface area contributed by atoms with Crippen LogP contribution in [0.1, 0.15) is 10.7 Å². The Morgan fingerprint density at radius 2 is 2.12 bits per heavy atom. The van der Waals surface area contributed by atoms with E-state index in [9.17, 15) is 0 Å². The van der Waals surface area contributed by atoms with E-state index in [2.05, 4.69) is 15.2 Å². The summed E-state index contributed by atoms with van der Waals surface area (Å²) in [5.41, 5.74) is 6.54. The van der Waals surface area contributed by atoms with Gasteiger partial charge in [-0.1, -0.05) is 11.3 Å². The first-order chi connectivity index (χ1) is 7.70. The molecule has 7 heteroatoms. The highest BCUT2D eigenvalue weighted by Crippen LogP contribution is 2.32. The molecule has 0 bridgehead atoms. The largest absolute Gasteiger partial charge is 0.384 e. The van der Waals surface area contributed by atoms with Gasteiger partial charge in [0.25, 0.3) is 0 Å². The average molecular weight is 256 g/mol. The molecule has 0 aliphatic rings. The third-order valence-electron chi connectivity index (χ3n) is 2.00. The fourth-order valence-electron chi connectivity index (χ4n) is 1.27. The molecule has 0 amide bonds. The molecule has 2 aromatic rings. The molecule has 0 radical (unpaired) electrons. The zero-order valence-corrected chi connectivity index (χ0v) is 10.7. The van der Waals surface area contributed by atoms with Crippen LogP contribution in [-0.4, -0.2) is 28.9 Å². The van der Waals surface area contributed by atoms with Gasteiger partial charge < -0.3 is 10.5 Å². The van der Waals surface area contributed by atoms with Crippen LogP contribution in [0.5, 0.6) is 0 Å². The van der Waals surface area contributed by atoms with E-state index in [1.807, 2.05) is 6.92 Å². The van der Waals surface area contributed by atoms with Crippen LogP contribution < -0.4 is 5.73 Å². The minimum Gasteiger partial charge on any atom is -0.384 e. The minimum absolute atomic E-state index is 0.487. The lowest BCUT2D eigenvalue weighted by Crippen LogP contribution is -1.93. The highest BCUT2D eigenvalue weighted by atomic mass is 32.1. The van der Waals surface area contributed by atoms with Crippen LogP contribution in [0.3, 0.4) is 0 Å². The Kier molecular flexibility index (Phi) is 3.47. The molecule has 0 unspecified atom stereocenters. The number of nitrogens with zero attached hydrogens (tertiary/aromatic N) is 3. The van der Waals surface area contributed by atoms with Gasteiger partial charge >= 0.3 is 0 Å². The Bertz CT molecular complexity index is 480. The number of aromatic nitrogens is 3. The lowest BCUT2D eigenvalue weighted by molar-refractivity contribution is 0.202. The predicted molar refractivity (Wildman–Crippen MR) is 65.7 cm³/mol. The molecule has 0 aliphatic heterocycles. The molecule has 0 aliphatic carbocycles. The van der Waals surface area contributed by atoms with Crippen molar-refractivity contribution in [3.8, 4) is 9.88 Å². The molecular formula is C9H12N4OS2. The van der Waals surface area contributed by atoms with Crippen molar-refractivity contribution >= 4 is 27.8 Å². The van der Waals surface area contributed by atoms with Crippen LogP contribution in [0.4, 0.5) is 5.13 Å². The van der Waals surface area contributed by atoms with Gasteiger partial charge in [-0.2, -0.15) is 0 Å². The molecule has 0 aromatic carbocycles. The quantitative estimate of drug-likeness (QED) is 0.902. The normalized spacial score (nSPS) is 10.9. The fraction of sp³-hybridized carbons (Fsp3) is 0.444. The van der Waals surface area contributed by atoms with Crippen molar-refractivity contribution in [2.45, 2.75) is 13.3 Å². The zero-order valence-electron chi connectivity index (χ0n) is 9.06. The smallest absolute Gasteiger partial charge is 0.203 e. The van der Waals surface area contributed by atoms with Crippen LogP contribution in [0, 0.1) is 6.92 Å². The number of anilines is 1.